The molecule has 0 bridgehead atoms. The Morgan fingerprint density at radius 1 is 1.03 bits per heavy atom. The molecule has 0 saturated heterocycles. The number of halogens is 1. The van der Waals surface area contributed by atoms with Crippen molar-refractivity contribution in [2.45, 2.75) is 19.4 Å². The summed E-state index contributed by atoms with van der Waals surface area (Å²) in [4.78, 5) is 28.6. The van der Waals surface area contributed by atoms with Gasteiger partial charge >= 0.3 is 0 Å². The molecule has 1 aliphatic heterocycles. The van der Waals surface area contributed by atoms with Crippen molar-refractivity contribution in [2.75, 3.05) is 12.0 Å². The Labute approximate surface area is 183 Å². The fourth-order valence-electron chi connectivity index (χ4n) is 4.22. The number of carbonyl (C=O) groups excluding carboxylic acids is 1. The van der Waals surface area contributed by atoms with E-state index in [0.717, 1.165) is 23.6 Å². The van der Waals surface area contributed by atoms with Crippen LogP contribution in [0.1, 0.15) is 40.2 Å². The lowest BCUT2D eigenvalue weighted by Crippen LogP contribution is -2.29. The van der Waals surface area contributed by atoms with Crippen LogP contribution in [0.5, 0.6) is 5.75 Å². The summed E-state index contributed by atoms with van der Waals surface area (Å²) in [6, 6.07) is 17.9. The molecule has 2 heterocycles. The zero-order valence-electron chi connectivity index (χ0n) is 17.6. The first-order chi connectivity index (χ1) is 15.5. The molecule has 0 saturated carbocycles. The molecule has 6 heteroatoms. The first-order valence-corrected chi connectivity index (χ1v) is 10.3. The van der Waals surface area contributed by atoms with Gasteiger partial charge in [0.15, 0.2) is 5.43 Å². The molecule has 5 rings (SSSR count). The number of hydrogen-bond acceptors (Lipinski definition) is 4. The molecular weight excluding hydrogens is 409 g/mol. The van der Waals surface area contributed by atoms with Gasteiger partial charge in [-0.3, -0.25) is 14.5 Å². The van der Waals surface area contributed by atoms with Gasteiger partial charge in [0.05, 0.1) is 24.1 Å². The molecule has 0 aliphatic carbocycles. The summed E-state index contributed by atoms with van der Waals surface area (Å²) in [6.07, 6.45) is 0.867. The summed E-state index contributed by atoms with van der Waals surface area (Å²) in [5, 5.41) is 0.110. The van der Waals surface area contributed by atoms with E-state index >= 15 is 0 Å². The zero-order valence-corrected chi connectivity index (χ0v) is 17.6. The predicted octanol–water partition coefficient (Wildman–Crippen LogP) is 5.25. The molecule has 1 amide bonds. The van der Waals surface area contributed by atoms with Crippen molar-refractivity contribution in [3.05, 3.63) is 105 Å². The van der Waals surface area contributed by atoms with Gasteiger partial charge in [0.25, 0.3) is 5.91 Å². The van der Waals surface area contributed by atoms with E-state index in [-0.39, 0.29) is 22.3 Å². The number of hydrogen-bond donors (Lipinski definition) is 0. The first-order valence-electron chi connectivity index (χ1n) is 10.3. The first kappa shape index (κ1) is 20.0. The normalized spacial score (nSPS) is 15.3. The highest BCUT2D eigenvalue weighted by Gasteiger charge is 2.43. The van der Waals surface area contributed by atoms with Gasteiger partial charge in [0, 0.05) is 11.8 Å². The van der Waals surface area contributed by atoms with Crippen LogP contribution >= 0.6 is 0 Å². The molecule has 32 heavy (non-hydrogen) atoms. The molecule has 1 atom stereocenters. The summed E-state index contributed by atoms with van der Waals surface area (Å²) < 4.78 is 25.1. The highest BCUT2D eigenvalue weighted by Crippen LogP contribution is 2.42. The SMILES string of the molecule is CCc1ccc(C2c3c(oc4ccc(F)cc4c3=O)C(=O)N2c2cccc(OC)c2)cc1. The minimum absolute atomic E-state index is 0.0264. The van der Waals surface area contributed by atoms with Gasteiger partial charge in [0.2, 0.25) is 5.76 Å². The fourth-order valence-corrected chi connectivity index (χ4v) is 4.22. The molecule has 1 aromatic heterocycles. The van der Waals surface area contributed by atoms with Crippen LogP contribution in [0, 0.1) is 5.82 Å². The van der Waals surface area contributed by atoms with Crippen molar-refractivity contribution < 1.29 is 18.3 Å². The van der Waals surface area contributed by atoms with Crippen LogP contribution in [0.3, 0.4) is 0 Å². The van der Waals surface area contributed by atoms with Crippen LogP contribution in [0.15, 0.2) is 75.9 Å². The molecule has 0 fully saturated rings. The Kier molecular flexibility index (Phi) is 4.78. The van der Waals surface area contributed by atoms with E-state index in [1.165, 1.54) is 17.0 Å². The Balaban J connectivity index is 1.79. The third-order valence-electron chi connectivity index (χ3n) is 5.87. The number of benzene rings is 3. The highest BCUT2D eigenvalue weighted by molar-refractivity contribution is 6.10. The van der Waals surface area contributed by atoms with Crippen LogP contribution in [-0.2, 0) is 6.42 Å². The van der Waals surface area contributed by atoms with Crippen molar-refractivity contribution in [3.8, 4) is 5.75 Å². The molecule has 4 aromatic rings. The van der Waals surface area contributed by atoms with Gasteiger partial charge in [0.1, 0.15) is 17.1 Å². The quantitative estimate of drug-likeness (QED) is 0.444. The van der Waals surface area contributed by atoms with E-state index in [1.54, 1.807) is 31.4 Å². The topological polar surface area (TPSA) is 59.8 Å². The van der Waals surface area contributed by atoms with Crippen molar-refractivity contribution in [1.82, 2.24) is 0 Å². The van der Waals surface area contributed by atoms with E-state index in [4.69, 9.17) is 9.15 Å². The van der Waals surface area contributed by atoms with Gasteiger partial charge in [-0.25, -0.2) is 4.39 Å². The summed E-state index contributed by atoms with van der Waals surface area (Å²) in [5.41, 5.74) is 2.44. The Bertz CT molecular complexity index is 1410. The Hall–Kier alpha value is -3.93. The lowest BCUT2D eigenvalue weighted by atomic mass is 9.97. The van der Waals surface area contributed by atoms with Crippen molar-refractivity contribution in [3.63, 3.8) is 0 Å². The third-order valence-corrected chi connectivity index (χ3v) is 5.87. The molecule has 1 aliphatic rings. The number of amides is 1. The van der Waals surface area contributed by atoms with E-state index in [9.17, 15) is 14.0 Å². The molecule has 0 N–H and O–H groups in total. The predicted molar refractivity (Wildman–Crippen MR) is 120 cm³/mol. The minimum Gasteiger partial charge on any atom is -0.497 e. The lowest BCUT2D eigenvalue weighted by Gasteiger charge is -2.25. The smallest absolute Gasteiger partial charge is 0.295 e. The monoisotopic (exact) mass is 429 g/mol. The maximum absolute atomic E-state index is 13.9. The third kappa shape index (κ3) is 3.07. The summed E-state index contributed by atoms with van der Waals surface area (Å²) in [7, 11) is 1.55. The van der Waals surface area contributed by atoms with Gasteiger partial charge in [-0.2, -0.15) is 0 Å². The van der Waals surface area contributed by atoms with E-state index in [2.05, 4.69) is 6.92 Å². The van der Waals surface area contributed by atoms with Crippen molar-refractivity contribution in [2.24, 2.45) is 0 Å². The highest BCUT2D eigenvalue weighted by atomic mass is 19.1. The summed E-state index contributed by atoms with van der Waals surface area (Å²) in [5.74, 6) is -0.414. The molecule has 3 aromatic carbocycles. The minimum atomic E-state index is -0.709. The standard InChI is InChI=1S/C26H20FNO4/c1-3-15-7-9-16(10-8-15)23-22-24(29)20-13-17(27)11-12-21(20)32-25(22)26(30)28(23)18-5-4-6-19(14-18)31-2/h4-14,23H,3H2,1-2H3. The molecular formula is C26H20FNO4. The molecule has 1 unspecified atom stereocenters. The summed E-state index contributed by atoms with van der Waals surface area (Å²) in [6.45, 7) is 2.06. The zero-order chi connectivity index (χ0) is 22.4. The van der Waals surface area contributed by atoms with Crippen LogP contribution in [-0.4, -0.2) is 13.0 Å². The Morgan fingerprint density at radius 3 is 2.53 bits per heavy atom. The average Bonchev–Trinajstić information content (AvgIpc) is 3.12. The second kappa shape index (κ2) is 7.64. The largest absolute Gasteiger partial charge is 0.497 e. The molecule has 5 nitrogen and oxygen atoms in total. The van der Waals surface area contributed by atoms with Crippen molar-refractivity contribution in [1.29, 1.82) is 0 Å². The number of carbonyl (C=O) groups is 1. The van der Waals surface area contributed by atoms with Crippen LogP contribution in [0.25, 0.3) is 11.0 Å². The summed E-state index contributed by atoms with van der Waals surface area (Å²) >= 11 is 0. The number of ether oxygens (including phenoxy) is 1. The molecule has 0 radical (unpaired) electrons. The number of nitrogens with zero attached hydrogens (tertiary/aromatic N) is 1. The molecule has 160 valence electrons. The van der Waals surface area contributed by atoms with Crippen LogP contribution < -0.4 is 15.1 Å². The lowest BCUT2D eigenvalue weighted by molar-refractivity contribution is 0.0971. The van der Waals surface area contributed by atoms with Crippen LogP contribution in [0.2, 0.25) is 0 Å². The van der Waals surface area contributed by atoms with Gasteiger partial charge in [-0.15, -0.1) is 0 Å². The average molecular weight is 429 g/mol. The Morgan fingerprint density at radius 2 is 1.81 bits per heavy atom. The van der Waals surface area contributed by atoms with Crippen LogP contribution in [0.4, 0.5) is 10.1 Å². The number of methoxy groups -OCH3 is 1. The maximum Gasteiger partial charge on any atom is 0.295 e. The van der Waals surface area contributed by atoms with Crippen molar-refractivity contribution >= 4 is 22.6 Å². The van der Waals surface area contributed by atoms with Gasteiger partial charge in [-0.05, 0) is 47.9 Å². The van der Waals surface area contributed by atoms with E-state index in [1.807, 2.05) is 24.3 Å². The van der Waals surface area contributed by atoms with E-state index in [0.29, 0.717) is 11.4 Å². The maximum atomic E-state index is 13.9. The van der Waals surface area contributed by atoms with Gasteiger partial charge < -0.3 is 9.15 Å². The van der Waals surface area contributed by atoms with Gasteiger partial charge in [-0.1, -0.05) is 37.3 Å². The second-order valence-electron chi connectivity index (χ2n) is 7.69. The molecule has 0 spiro atoms. The number of rotatable bonds is 4. The van der Waals surface area contributed by atoms with E-state index < -0.39 is 23.2 Å². The number of fused-ring (bicyclic) bond motifs is 2. The second-order valence-corrected chi connectivity index (χ2v) is 7.69. The number of anilines is 1. The number of aryl methyl sites for hydroxylation is 1. The fraction of sp³-hybridized carbons (Fsp3) is 0.154.